The van der Waals surface area contributed by atoms with E-state index in [1.165, 1.54) is 0 Å². The minimum Gasteiger partial charge on any atom is -0.368 e. The van der Waals surface area contributed by atoms with E-state index in [1.54, 1.807) is 0 Å². The maximum atomic E-state index is 5.91. The van der Waals surface area contributed by atoms with Gasteiger partial charge in [-0.2, -0.15) is 16.7 Å². The zero-order chi connectivity index (χ0) is 11.4. The molecule has 0 saturated carbocycles. The summed E-state index contributed by atoms with van der Waals surface area (Å²) < 4.78 is 10.7. The van der Waals surface area contributed by atoms with Gasteiger partial charge in [0.2, 0.25) is 11.7 Å². The Kier molecular flexibility index (Phi) is 4.20. The van der Waals surface area contributed by atoms with Crippen molar-refractivity contribution in [3.8, 4) is 0 Å². The van der Waals surface area contributed by atoms with Crippen LogP contribution >= 0.6 is 11.8 Å². The van der Waals surface area contributed by atoms with Crippen LogP contribution in [0, 0.1) is 0 Å². The van der Waals surface area contributed by atoms with Crippen molar-refractivity contribution in [1.82, 2.24) is 10.1 Å². The molecule has 0 aliphatic carbocycles. The largest absolute Gasteiger partial charge is 0.368 e. The number of hydrogen-bond donors (Lipinski definition) is 1. The van der Waals surface area contributed by atoms with E-state index in [9.17, 15) is 0 Å². The molecule has 1 saturated heterocycles. The van der Waals surface area contributed by atoms with Crippen LogP contribution < -0.4 is 5.73 Å². The Balaban J connectivity index is 2.00. The Labute approximate surface area is 99.1 Å². The lowest BCUT2D eigenvalue weighted by molar-refractivity contribution is 0.0677. The van der Waals surface area contributed by atoms with Crippen LogP contribution in [0.25, 0.3) is 0 Å². The number of ether oxygens (including phenoxy) is 1. The van der Waals surface area contributed by atoms with Crippen molar-refractivity contribution in [2.24, 2.45) is 5.73 Å². The van der Waals surface area contributed by atoms with Crippen LogP contribution in [0.15, 0.2) is 4.52 Å². The highest BCUT2D eigenvalue weighted by Gasteiger charge is 2.23. The van der Waals surface area contributed by atoms with E-state index in [4.69, 9.17) is 15.0 Å². The highest BCUT2D eigenvalue weighted by Crippen LogP contribution is 2.25. The van der Waals surface area contributed by atoms with Crippen molar-refractivity contribution in [3.05, 3.63) is 11.7 Å². The van der Waals surface area contributed by atoms with Crippen LogP contribution in [0.3, 0.4) is 0 Å². The molecule has 1 aromatic heterocycles. The molecule has 0 bridgehead atoms. The molecule has 1 aliphatic heterocycles. The number of aromatic nitrogens is 2. The van der Waals surface area contributed by atoms with Gasteiger partial charge < -0.3 is 15.0 Å². The van der Waals surface area contributed by atoms with Gasteiger partial charge in [0.15, 0.2) is 0 Å². The van der Waals surface area contributed by atoms with Crippen LogP contribution in [0.5, 0.6) is 0 Å². The van der Waals surface area contributed by atoms with Gasteiger partial charge in [-0.05, 0) is 6.42 Å². The molecule has 2 heterocycles. The van der Waals surface area contributed by atoms with Gasteiger partial charge in [-0.1, -0.05) is 18.5 Å². The molecule has 1 fully saturated rings. The second-order valence-electron chi connectivity index (χ2n) is 3.82. The topological polar surface area (TPSA) is 74.2 Å². The van der Waals surface area contributed by atoms with Crippen molar-refractivity contribution in [2.45, 2.75) is 31.9 Å². The minimum atomic E-state index is -0.150. The fourth-order valence-corrected chi connectivity index (χ4v) is 2.44. The summed E-state index contributed by atoms with van der Waals surface area (Å²) in [5.74, 6) is 3.09. The molecule has 1 aromatic rings. The SMILES string of the molecule is CCCC(N)c1nc(C2CSCCO2)no1. The summed E-state index contributed by atoms with van der Waals surface area (Å²) >= 11 is 1.85. The van der Waals surface area contributed by atoms with Gasteiger partial charge in [-0.25, -0.2) is 0 Å². The molecule has 2 unspecified atom stereocenters. The lowest BCUT2D eigenvalue weighted by Crippen LogP contribution is -2.17. The molecular formula is C10H17N3O2S. The first-order valence-corrected chi connectivity index (χ1v) is 6.75. The van der Waals surface area contributed by atoms with Gasteiger partial charge in [0.05, 0.1) is 12.6 Å². The van der Waals surface area contributed by atoms with Crippen molar-refractivity contribution >= 4 is 11.8 Å². The monoisotopic (exact) mass is 243 g/mol. The Hall–Kier alpha value is -0.590. The van der Waals surface area contributed by atoms with Crippen LogP contribution in [-0.2, 0) is 4.74 Å². The molecule has 1 aliphatic rings. The Morgan fingerprint density at radius 1 is 1.62 bits per heavy atom. The van der Waals surface area contributed by atoms with Gasteiger partial charge in [0, 0.05) is 11.5 Å². The average Bonchev–Trinajstić information content (AvgIpc) is 2.80. The zero-order valence-electron chi connectivity index (χ0n) is 9.39. The summed E-state index contributed by atoms with van der Waals surface area (Å²) in [5.41, 5.74) is 5.91. The standard InChI is InChI=1S/C10H17N3O2S/c1-2-3-7(11)10-12-9(13-15-10)8-6-16-5-4-14-8/h7-8H,2-6,11H2,1H3. The first-order chi connectivity index (χ1) is 7.81. The van der Waals surface area contributed by atoms with Crippen molar-refractivity contribution in [3.63, 3.8) is 0 Å². The van der Waals surface area contributed by atoms with Crippen molar-refractivity contribution in [1.29, 1.82) is 0 Å². The summed E-state index contributed by atoms with van der Waals surface area (Å²) in [6.07, 6.45) is 1.83. The molecular weight excluding hydrogens is 226 g/mol. The highest BCUT2D eigenvalue weighted by molar-refractivity contribution is 7.99. The Morgan fingerprint density at radius 2 is 2.50 bits per heavy atom. The molecule has 2 rings (SSSR count). The van der Waals surface area contributed by atoms with E-state index in [2.05, 4.69) is 17.1 Å². The van der Waals surface area contributed by atoms with Crippen LogP contribution in [0.1, 0.15) is 43.6 Å². The maximum Gasteiger partial charge on any atom is 0.243 e. The molecule has 16 heavy (non-hydrogen) atoms. The highest BCUT2D eigenvalue weighted by atomic mass is 32.2. The maximum absolute atomic E-state index is 5.91. The smallest absolute Gasteiger partial charge is 0.243 e. The zero-order valence-corrected chi connectivity index (χ0v) is 10.2. The molecule has 2 N–H and O–H groups in total. The molecule has 0 aromatic carbocycles. The van der Waals surface area contributed by atoms with Crippen molar-refractivity contribution < 1.29 is 9.26 Å². The molecule has 0 amide bonds. The lowest BCUT2D eigenvalue weighted by atomic mass is 10.2. The summed E-state index contributed by atoms with van der Waals surface area (Å²) in [4.78, 5) is 4.31. The first-order valence-electron chi connectivity index (χ1n) is 5.59. The number of nitrogens with zero attached hydrogens (tertiary/aromatic N) is 2. The van der Waals surface area contributed by atoms with Gasteiger partial charge in [-0.3, -0.25) is 0 Å². The Morgan fingerprint density at radius 3 is 3.19 bits per heavy atom. The predicted octanol–water partition coefficient (Wildman–Crippen LogP) is 1.67. The van der Waals surface area contributed by atoms with Gasteiger partial charge >= 0.3 is 0 Å². The average molecular weight is 243 g/mol. The summed E-state index contributed by atoms with van der Waals surface area (Å²) in [6.45, 7) is 2.83. The molecule has 90 valence electrons. The number of nitrogens with two attached hydrogens (primary N) is 1. The second kappa shape index (κ2) is 5.65. The predicted molar refractivity (Wildman–Crippen MR) is 62.2 cm³/mol. The molecule has 2 atom stereocenters. The molecule has 0 radical (unpaired) electrons. The third-order valence-electron chi connectivity index (χ3n) is 2.48. The minimum absolute atomic E-state index is 0.0370. The quantitative estimate of drug-likeness (QED) is 0.867. The molecule has 0 spiro atoms. The Bertz CT molecular complexity index is 326. The van der Waals surface area contributed by atoms with E-state index < -0.39 is 0 Å². The molecule has 5 nitrogen and oxygen atoms in total. The number of thioether (sulfide) groups is 1. The van der Waals surface area contributed by atoms with Crippen LogP contribution in [-0.4, -0.2) is 28.3 Å². The molecule has 6 heteroatoms. The van der Waals surface area contributed by atoms with E-state index in [0.29, 0.717) is 11.7 Å². The van der Waals surface area contributed by atoms with E-state index in [1.807, 2.05) is 11.8 Å². The fourth-order valence-electron chi connectivity index (χ4n) is 1.60. The summed E-state index contributed by atoms with van der Waals surface area (Å²) in [6, 6.07) is -0.150. The third-order valence-corrected chi connectivity index (χ3v) is 3.47. The normalized spacial score (nSPS) is 23.2. The fraction of sp³-hybridized carbons (Fsp3) is 0.800. The summed E-state index contributed by atoms with van der Waals surface area (Å²) in [7, 11) is 0. The third kappa shape index (κ3) is 2.75. The van der Waals surface area contributed by atoms with Crippen LogP contribution in [0.4, 0.5) is 0 Å². The van der Waals surface area contributed by atoms with Crippen LogP contribution in [0.2, 0.25) is 0 Å². The van der Waals surface area contributed by atoms with Gasteiger partial charge in [0.1, 0.15) is 6.10 Å². The lowest BCUT2D eigenvalue weighted by Gasteiger charge is -2.18. The number of rotatable bonds is 4. The van der Waals surface area contributed by atoms with Crippen molar-refractivity contribution in [2.75, 3.05) is 18.1 Å². The van der Waals surface area contributed by atoms with E-state index >= 15 is 0 Å². The van der Waals surface area contributed by atoms with E-state index in [-0.39, 0.29) is 12.1 Å². The summed E-state index contributed by atoms with van der Waals surface area (Å²) in [5, 5.41) is 3.94. The van der Waals surface area contributed by atoms with Gasteiger partial charge in [0.25, 0.3) is 0 Å². The first kappa shape index (κ1) is 11.9. The second-order valence-corrected chi connectivity index (χ2v) is 4.97. The van der Waals surface area contributed by atoms with E-state index in [0.717, 1.165) is 31.0 Å². The van der Waals surface area contributed by atoms with Gasteiger partial charge in [-0.15, -0.1) is 0 Å². The number of hydrogen-bond acceptors (Lipinski definition) is 6.